The van der Waals surface area contributed by atoms with Crippen LogP contribution in [0.25, 0.3) is 16.9 Å². The van der Waals surface area contributed by atoms with Gasteiger partial charge < -0.3 is 18.6 Å². The van der Waals surface area contributed by atoms with Crippen molar-refractivity contribution in [2.75, 3.05) is 20.3 Å². The van der Waals surface area contributed by atoms with Crippen LogP contribution in [0.1, 0.15) is 6.42 Å². The highest BCUT2D eigenvalue weighted by Gasteiger charge is 2.14. The summed E-state index contributed by atoms with van der Waals surface area (Å²) in [6.07, 6.45) is 4.84. The number of benzene rings is 1. The number of hydrogen-bond donors (Lipinski definition) is 0. The van der Waals surface area contributed by atoms with Gasteiger partial charge in [-0.25, -0.2) is 4.98 Å². The minimum Gasteiger partial charge on any atom is -0.493 e. The summed E-state index contributed by atoms with van der Waals surface area (Å²) in [7, 11) is 1.65. The average molecular weight is 296 g/mol. The Bertz CT molecular complexity index is 826. The first-order valence-corrected chi connectivity index (χ1v) is 7.27. The molecule has 0 unspecified atom stereocenters. The van der Waals surface area contributed by atoms with Crippen LogP contribution in [0.2, 0.25) is 0 Å². The molecule has 2 aromatic heterocycles. The maximum Gasteiger partial charge on any atom is 0.180 e. The molecular weight excluding hydrogens is 280 g/mol. The molecule has 0 N–H and O–H groups in total. The highest BCUT2D eigenvalue weighted by Crippen LogP contribution is 2.34. The van der Waals surface area contributed by atoms with Crippen molar-refractivity contribution in [3.63, 3.8) is 0 Å². The van der Waals surface area contributed by atoms with Crippen molar-refractivity contribution in [3.05, 3.63) is 42.7 Å². The summed E-state index contributed by atoms with van der Waals surface area (Å²) in [5, 5.41) is 0. The van der Waals surface area contributed by atoms with Crippen molar-refractivity contribution in [2.45, 2.75) is 6.42 Å². The molecule has 1 aromatic carbocycles. The monoisotopic (exact) mass is 296 g/mol. The van der Waals surface area contributed by atoms with E-state index in [1.165, 1.54) is 0 Å². The van der Waals surface area contributed by atoms with Crippen LogP contribution >= 0.6 is 0 Å². The van der Waals surface area contributed by atoms with Crippen LogP contribution in [-0.2, 0) is 0 Å². The lowest BCUT2D eigenvalue weighted by molar-refractivity contribution is 0.297. The first-order chi connectivity index (χ1) is 10.8. The SMILES string of the molecule is COc1cccn2cc(-c3ccc4c(c3)OCCCO4)nc12. The molecule has 22 heavy (non-hydrogen) atoms. The van der Waals surface area contributed by atoms with Gasteiger partial charge in [0.2, 0.25) is 0 Å². The molecule has 5 heteroatoms. The molecule has 4 rings (SSSR count). The van der Waals surface area contributed by atoms with Gasteiger partial charge in [0.1, 0.15) is 0 Å². The summed E-state index contributed by atoms with van der Waals surface area (Å²) >= 11 is 0. The van der Waals surface area contributed by atoms with Gasteiger partial charge in [-0.05, 0) is 30.3 Å². The zero-order chi connectivity index (χ0) is 14.9. The Morgan fingerprint density at radius 1 is 1.14 bits per heavy atom. The van der Waals surface area contributed by atoms with E-state index < -0.39 is 0 Å². The molecule has 112 valence electrons. The fraction of sp³-hybridized carbons (Fsp3) is 0.235. The van der Waals surface area contributed by atoms with Gasteiger partial charge in [0, 0.05) is 24.4 Å². The minimum absolute atomic E-state index is 0.676. The molecule has 1 aliphatic rings. The summed E-state index contributed by atoms with van der Waals surface area (Å²) in [5.41, 5.74) is 2.67. The Morgan fingerprint density at radius 3 is 2.86 bits per heavy atom. The van der Waals surface area contributed by atoms with Crippen molar-refractivity contribution < 1.29 is 14.2 Å². The van der Waals surface area contributed by atoms with E-state index >= 15 is 0 Å². The van der Waals surface area contributed by atoms with E-state index in [1.54, 1.807) is 7.11 Å². The number of pyridine rings is 1. The number of rotatable bonds is 2. The Balaban J connectivity index is 1.80. The van der Waals surface area contributed by atoms with Crippen molar-refractivity contribution in [1.82, 2.24) is 9.38 Å². The van der Waals surface area contributed by atoms with Gasteiger partial charge >= 0.3 is 0 Å². The normalized spacial score (nSPS) is 13.9. The van der Waals surface area contributed by atoms with Crippen LogP contribution in [0.4, 0.5) is 0 Å². The fourth-order valence-electron chi connectivity index (χ4n) is 2.61. The Morgan fingerprint density at radius 2 is 2.00 bits per heavy atom. The van der Waals surface area contributed by atoms with E-state index in [1.807, 2.05) is 47.1 Å². The molecular formula is C17H16N2O3. The summed E-state index contributed by atoms with van der Waals surface area (Å²) < 4.78 is 18.7. The van der Waals surface area contributed by atoms with Crippen molar-refractivity contribution in [3.8, 4) is 28.5 Å². The maximum atomic E-state index is 5.75. The lowest BCUT2D eigenvalue weighted by atomic mass is 10.1. The number of hydrogen-bond acceptors (Lipinski definition) is 4. The summed E-state index contributed by atoms with van der Waals surface area (Å²) in [6.45, 7) is 1.37. The molecule has 0 spiro atoms. The van der Waals surface area contributed by atoms with Crippen LogP contribution in [-0.4, -0.2) is 29.7 Å². The lowest BCUT2D eigenvalue weighted by Gasteiger charge is -2.07. The predicted octanol–water partition coefficient (Wildman–Crippen LogP) is 3.17. The van der Waals surface area contributed by atoms with Crippen LogP contribution in [0.5, 0.6) is 17.2 Å². The summed E-state index contributed by atoms with van der Waals surface area (Å²) in [6, 6.07) is 9.76. The van der Waals surface area contributed by atoms with Crippen molar-refractivity contribution >= 4 is 5.65 Å². The number of ether oxygens (including phenoxy) is 3. The van der Waals surface area contributed by atoms with Gasteiger partial charge in [0.15, 0.2) is 22.9 Å². The van der Waals surface area contributed by atoms with Crippen molar-refractivity contribution in [1.29, 1.82) is 0 Å². The number of fused-ring (bicyclic) bond motifs is 2. The van der Waals surface area contributed by atoms with E-state index in [0.29, 0.717) is 13.2 Å². The molecule has 0 amide bonds. The van der Waals surface area contributed by atoms with Crippen LogP contribution in [0, 0.1) is 0 Å². The molecule has 0 atom stereocenters. The molecule has 3 aromatic rings. The Kier molecular flexibility index (Phi) is 3.11. The van der Waals surface area contributed by atoms with Gasteiger partial charge in [-0.3, -0.25) is 0 Å². The Hall–Kier alpha value is -2.69. The molecule has 3 heterocycles. The van der Waals surface area contributed by atoms with Crippen LogP contribution in [0.3, 0.4) is 0 Å². The minimum atomic E-state index is 0.676. The molecule has 0 fully saturated rings. The molecule has 5 nitrogen and oxygen atoms in total. The zero-order valence-electron chi connectivity index (χ0n) is 12.3. The first-order valence-electron chi connectivity index (χ1n) is 7.27. The third kappa shape index (κ3) is 2.15. The third-order valence-corrected chi connectivity index (χ3v) is 3.71. The second-order valence-electron chi connectivity index (χ2n) is 5.15. The molecule has 1 aliphatic heterocycles. The lowest BCUT2D eigenvalue weighted by Crippen LogP contribution is -1.97. The smallest absolute Gasteiger partial charge is 0.180 e. The zero-order valence-corrected chi connectivity index (χ0v) is 12.3. The second-order valence-corrected chi connectivity index (χ2v) is 5.15. The average Bonchev–Trinajstić information content (AvgIpc) is 2.85. The maximum absolute atomic E-state index is 5.75. The third-order valence-electron chi connectivity index (χ3n) is 3.71. The molecule has 0 bridgehead atoms. The molecule has 0 saturated carbocycles. The van der Waals surface area contributed by atoms with Gasteiger partial charge in [0.25, 0.3) is 0 Å². The van der Waals surface area contributed by atoms with Gasteiger partial charge in [0.05, 0.1) is 26.0 Å². The second kappa shape index (κ2) is 5.26. The van der Waals surface area contributed by atoms with E-state index in [-0.39, 0.29) is 0 Å². The topological polar surface area (TPSA) is 45.0 Å². The van der Waals surface area contributed by atoms with Crippen molar-refractivity contribution in [2.24, 2.45) is 0 Å². The fourth-order valence-corrected chi connectivity index (χ4v) is 2.61. The standard InChI is InChI=1S/C17H16N2O3/c1-20-15-4-2-7-19-11-13(18-17(15)19)12-5-6-14-16(10-12)22-9-3-8-21-14/h2,4-7,10-11H,3,8-9H2,1H3. The van der Waals surface area contributed by atoms with E-state index in [4.69, 9.17) is 14.2 Å². The van der Waals surface area contributed by atoms with Gasteiger partial charge in [-0.15, -0.1) is 0 Å². The quantitative estimate of drug-likeness (QED) is 0.728. The molecule has 0 saturated heterocycles. The van der Waals surface area contributed by atoms with E-state index in [2.05, 4.69) is 4.98 Å². The molecule has 0 aliphatic carbocycles. The predicted molar refractivity (Wildman–Crippen MR) is 82.8 cm³/mol. The summed E-state index contributed by atoms with van der Waals surface area (Å²) in [4.78, 5) is 4.67. The number of imidazole rings is 1. The van der Waals surface area contributed by atoms with E-state index in [0.717, 1.165) is 40.6 Å². The largest absolute Gasteiger partial charge is 0.493 e. The number of nitrogens with zero attached hydrogens (tertiary/aromatic N) is 2. The number of methoxy groups -OCH3 is 1. The molecule has 0 radical (unpaired) electrons. The van der Waals surface area contributed by atoms with E-state index in [9.17, 15) is 0 Å². The van der Waals surface area contributed by atoms with Gasteiger partial charge in [-0.2, -0.15) is 0 Å². The van der Waals surface area contributed by atoms with Gasteiger partial charge in [-0.1, -0.05) is 0 Å². The highest BCUT2D eigenvalue weighted by molar-refractivity contribution is 5.68. The first kappa shape index (κ1) is 13.0. The van der Waals surface area contributed by atoms with Crippen LogP contribution in [0.15, 0.2) is 42.7 Å². The number of aromatic nitrogens is 2. The summed E-state index contributed by atoms with van der Waals surface area (Å²) in [5.74, 6) is 2.32. The highest BCUT2D eigenvalue weighted by atomic mass is 16.5. The van der Waals surface area contributed by atoms with Crippen LogP contribution < -0.4 is 14.2 Å². The Labute approximate surface area is 128 Å².